The van der Waals surface area contributed by atoms with Crippen LogP contribution in [-0.2, 0) is 38.0 Å². The molecule has 0 radical (unpaired) electrons. The molecule has 1 aromatic carbocycles. The van der Waals surface area contributed by atoms with Gasteiger partial charge < -0.3 is 54.0 Å². The largest absolute Gasteiger partial charge is 0.491 e. The standard InChI is InChI=1S/C42H63N5O12S/c1-29(58-40(51)43-5)37(49)46-35(30-11-7-6-8-12-30)39(50)47-17-10-15-34(47)38-45-33(28-60-38)36(48)31-13-9-14-32(27-31)57-26-25-56-24-23-55-22-21-54-20-19-53-18-16-44-41(52)59-42(2,3)4/h9,13-14,27-30,34-35H,6-8,10-12,15-26H2,1-5H3,(H,43,51)(H,44,52)(H,46,49)/t29?,34-,35?/m0/s1. The molecule has 2 fully saturated rings. The van der Waals surface area contributed by atoms with Gasteiger partial charge >= 0.3 is 12.2 Å². The molecule has 2 aromatic rings. The predicted octanol–water partition coefficient (Wildman–Crippen LogP) is 4.82. The van der Waals surface area contributed by atoms with Crippen LogP contribution in [0.5, 0.6) is 5.75 Å². The highest BCUT2D eigenvalue weighted by Crippen LogP contribution is 2.36. The Morgan fingerprint density at radius 3 is 2.15 bits per heavy atom. The van der Waals surface area contributed by atoms with Crippen molar-refractivity contribution in [3.63, 3.8) is 0 Å². The van der Waals surface area contributed by atoms with Gasteiger partial charge in [0.1, 0.15) is 34.7 Å². The highest BCUT2D eigenvalue weighted by molar-refractivity contribution is 7.10. The van der Waals surface area contributed by atoms with Crippen molar-refractivity contribution in [2.45, 2.75) is 96.4 Å². The van der Waals surface area contributed by atoms with Crippen molar-refractivity contribution in [2.75, 3.05) is 79.6 Å². The molecule has 4 rings (SSSR count). The summed E-state index contributed by atoms with van der Waals surface area (Å²) in [5.41, 5.74) is 0.175. The molecule has 0 bridgehead atoms. The molecule has 2 heterocycles. The molecule has 1 saturated carbocycles. The highest BCUT2D eigenvalue weighted by atomic mass is 32.1. The van der Waals surface area contributed by atoms with Crippen LogP contribution in [0.1, 0.15) is 99.7 Å². The van der Waals surface area contributed by atoms with Crippen LogP contribution in [-0.4, -0.2) is 137 Å². The molecular weight excluding hydrogens is 799 g/mol. The summed E-state index contributed by atoms with van der Waals surface area (Å²) < 4.78 is 38.2. The lowest BCUT2D eigenvalue weighted by atomic mass is 9.83. The Morgan fingerprint density at radius 2 is 1.50 bits per heavy atom. The number of hydrogen-bond donors (Lipinski definition) is 3. The van der Waals surface area contributed by atoms with Gasteiger partial charge in [0.15, 0.2) is 6.10 Å². The van der Waals surface area contributed by atoms with Crippen molar-refractivity contribution in [1.29, 1.82) is 0 Å². The molecule has 17 nitrogen and oxygen atoms in total. The van der Waals surface area contributed by atoms with E-state index in [2.05, 4.69) is 16.0 Å². The zero-order valence-corrected chi connectivity index (χ0v) is 36.4. The Bertz CT molecular complexity index is 1660. The number of rotatable bonds is 24. The summed E-state index contributed by atoms with van der Waals surface area (Å²) in [6.45, 7) is 11.1. The van der Waals surface area contributed by atoms with Crippen LogP contribution < -0.4 is 20.7 Å². The Morgan fingerprint density at radius 1 is 0.850 bits per heavy atom. The molecule has 2 aliphatic rings. The van der Waals surface area contributed by atoms with Crippen molar-refractivity contribution in [3.8, 4) is 5.75 Å². The fraction of sp³-hybridized carbons (Fsp3) is 0.667. The van der Waals surface area contributed by atoms with Gasteiger partial charge in [-0.05, 0) is 71.4 Å². The van der Waals surface area contributed by atoms with E-state index in [0.29, 0.717) is 88.7 Å². The second kappa shape index (κ2) is 25.4. The fourth-order valence-electron chi connectivity index (χ4n) is 6.80. The van der Waals surface area contributed by atoms with E-state index in [-0.39, 0.29) is 36.0 Å². The number of ether oxygens (including phenoxy) is 7. The number of ketones is 1. The monoisotopic (exact) mass is 861 g/mol. The molecule has 18 heteroatoms. The van der Waals surface area contributed by atoms with Crippen LogP contribution in [0.15, 0.2) is 29.6 Å². The maximum absolute atomic E-state index is 14.2. The zero-order valence-electron chi connectivity index (χ0n) is 35.6. The predicted molar refractivity (Wildman–Crippen MR) is 222 cm³/mol. The zero-order chi connectivity index (χ0) is 43.3. The molecule has 334 valence electrons. The minimum absolute atomic E-state index is 0.0313. The number of likely N-dealkylation sites (tertiary alicyclic amines) is 1. The van der Waals surface area contributed by atoms with E-state index in [4.69, 9.17) is 38.1 Å². The van der Waals surface area contributed by atoms with Crippen LogP contribution in [0.3, 0.4) is 0 Å². The van der Waals surface area contributed by atoms with Gasteiger partial charge in [-0.15, -0.1) is 11.3 Å². The number of benzene rings is 1. The number of carbonyl (C=O) groups excluding carboxylic acids is 5. The van der Waals surface area contributed by atoms with Crippen LogP contribution in [0, 0.1) is 5.92 Å². The summed E-state index contributed by atoms with van der Waals surface area (Å²) >= 11 is 1.34. The third kappa shape index (κ3) is 16.6. The Hall–Kier alpha value is -4.36. The smallest absolute Gasteiger partial charge is 0.407 e. The van der Waals surface area contributed by atoms with Crippen LogP contribution in [0.25, 0.3) is 0 Å². The van der Waals surface area contributed by atoms with Gasteiger partial charge in [0, 0.05) is 31.1 Å². The summed E-state index contributed by atoms with van der Waals surface area (Å²) in [5, 5.41) is 10.3. The highest BCUT2D eigenvalue weighted by Gasteiger charge is 2.40. The van der Waals surface area contributed by atoms with Crippen LogP contribution >= 0.6 is 11.3 Å². The van der Waals surface area contributed by atoms with Gasteiger partial charge in [0.25, 0.3) is 5.91 Å². The maximum atomic E-state index is 14.2. The lowest BCUT2D eigenvalue weighted by Gasteiger charge is -2.35. The van der Waals surface area contributed by atoms with E-state index in [1.165, 1.54) is 25.3 Å². The number of aromatic nitrogens is 1. The fourth-order valence-corrected chi connectivity index (χ4v) is 7.74. The summed E-state index contributed by atoms with van der Waals surface area (Å²) in [6.07, 6.45) is 3.86. The van der Waals surface area contributed by atoms with Crippen molar-refractivity contribution >= 4 is 41.1 Å². The molecule has 2 unspecified atom stereocenters. The Labute approximate surface area is 356 Å². The quantitative estimate of drug-likeness (QED) is 0.0960. The maximum Gasteiger partial charge on any atom is 0.407 e. The molecule has 1 saturated heterocycles. The molecule has 1 aliphatic carbocycles. The summed E-state index contributed by atoms with van der Waals surface area (Å²) in [6, 6.07) is 5.83. The molecule has 4 amide bonds. The number of amides is 4. The first-order chi connectivity index (χ1) is 28.9. The third-order valence-electron chi connectivity index (χ3n) is 9.74. The number of alkyl carbamates (subject to hydrolysis) is 2. The van der Waals surface area contributed by atoms with E-state index in [1.54, 1.807) is 55.3 Å². The van der Waals surface area contributed by atoms with E-state index in [1.807, 2.05) is 0 Å². The molecule has 1 aliphatic heterocycles. The van der Waals surface area contributed by atoms with Crippen LogP contribution in [0.2, 0.25) is 0 Å². The lowest BCUT2D eigenvalue weighted by molar-refractivity contribution is -0.141. The Kier molecular flexibility index (Phi) is 20.5. The van der Waals surface area contributed by atoms with Gasteiger partial charge in [-0.2, -0.15) is 0 Å². The molecule has 1 aromatic heterocycles. The van der Waals surface area contributed by atoms with Gasteiger partial charge in [-0.3, -0.25) is 14.4 Å². The van der Waals surface area contributed by atoms with E-state index < -0.39 is 35.8 Å². The van der Waals surface area contributed by atoms with E-state index >= 15 is 0 Å². The number of nitrogens with zero attached hydrogens (tertiary/aromatic N) is 2. The normalized spacial score (nSPS) is 16.8. The first kappa shape index (κ1) is 48.3. The van der Waals surface area contributed by atoms with E-state index in [9.17, 15) is 24.0 Å². The average molecular weight is 862 g/mol. The number of hydrogen-bond acceptors (Lipinski definition) is 14. The van der Waals surface area contributed by atoms with Gasteiger partial charge in [0.2, 0.25) is 11.7 Å². The minimum Gasteiger partial charge on any atom is -0.491 e. The number of nitrogens with one attached hydrogen (secondary N) is 3. The SMILES string of the molecule is CNC(=O)OC(C)C(=O)NC(C(=O)N1CCC[C@H]1c1nc(C(=O)c2cccc(OCCOCCOCCOCCOCCNC(=O)OC(C)(C)C)c2)cs1)C1CCCCC1. The first-order valence-corrected chi connectivity index (χ1v) is 21.7. The molecule has 3 atom stereocenters. The van der Waals surface area contributed by atoms with Crippen molar-refractivity contribution in [3.05, 3.63) is 45.9 Å². The van der Waals surface area contributed by atoms with E-state index in [0.717, 1.165) is 38.5 Å². The topological polar surface area (TPSA) is 202 Å². The average Bonchev–Trinajstić information content (AvgIpc) is 3.93. The molecular formula is C42H63N5O12S. The van der Waals surface area contributed by atoms with Gasteiger partial charge in [-0.1, -0.05) is 31.4 Å². The lowest BCUT2D eigenvalue weighted by Crippen LogP contribution is -2.54. The Balaban J connectivity index is 1.15. The number of thiazole rings is 1. The third-order valence-corrected chi connectivity index (χ3v) is 10.7. The molecule has 0 spiro atoms. The molecule has 3 N–H and O–H groups in total. The van der Waals surface area contributed by atoms with Gasteiger partial charge in [-0.25, -0.2) is 14.6 Å². The summed E-state index contributed by atoms with van der Waals surface area (Å²) in [5.74, 6) is -0.464. The van der Waals surface area contributed by atoms with Crippen molar-refractivity contribution in [2.24, 2.45) is 5.92 Å². The number of carbonyl (C=O) groups is 5. The second-order valence-electron chi connectivity index (χ2n) is 15.5. The van der Waals surface area contributed by atoms with Gasteiger partial charge in [0.05, 0.1) is 58.9 Å². The van der Waals surface area contributed by atoms with Crippen LogP contribution in [0.4, 0.5) is 9.59 Å². The second-order valence-corrected chi connectivity index (χ2v) is 16.4. The summed E-state index contributed by atoms with van der Waals surface area (Å²) in [7, 11) is 1.41. The van der Waals surface area contributed by atoms with Crippen molar-refractivity contribution < 1.29 is 57.1 Å². The molecule has 60 heavy (non-hydrogen) atoms. The first-order valence-electron chi connectivity index (χ1n) is 20.9. The minimum atomic E-state index is -1.07. The summed E-state index contributed by atoms with van der Waals surface area (Å²) in [4.78, 5) is 70.7. The van der Waals surface area contributed by atoms with Crippen molar-refractivity contribution in [1.82, 2.24) is 25.8 Å².